The number of piperidine rings is 1. The van der Waals surface area contributed by atoms with Gasteiger partial charge in [-0.1, -0.05) is 11.6 Å². The van der Waals surface area contributed by atoms with Gasteiger partial charge in [-0.15, -0.1) is 0 Å². The maximum absolute atomic E-state index is 12.0. The number of amides is 1. The number of hydrogen-bond donors (Lipinski definition) is 1. The van der Waals surface area contributed by atoms with Crippen LogP contribution in [0.3, 0.4) is 0 Å². The van der Waals surface area contributed by atoms with Crippen molar-refractivity contribution < 1.29 is 9.53 Å². The summed E-state index contributed by atoms with van der Waals surface area (Å²) < 4.78 is 5.41. The highest BCUT2D eigenvalue weighted by molar-refractivity contribution is 6.29. The summed E-state index contributed by atoms with van der Waals surface area (Å²) >= 11 is 5.84. The Morgan fingerprint density at radius 1 is 1.39 bits per heavy atom. The van der Waals surface area contributed by atoms with Gasteiger partial charge in [0.15, 0.2) is 0 Å². The number of rotatable bonds is 4. The molecule has 1 aliphatic rings. The van der Waals surface area contributed by atoms with Gasteiger partial charge in [-0.05, 0) is 52.1 Å². The van der Waals surface area contributed by atoms with Crippen LogP contribution in [0.15, 0.2) is 12.4 Å². The van der Waals surface area contributed by atoms with Crippen molar-refractivity contribution in [2.45, 2.75) is 45.8 Å². The lowest BCUT2D eigenvalue weighted by Gasteiger charge is -2.33. The fourth-order valence-electron chi connectivity index (χ4n) is 2.52. The Morgan fingerprint density at radius 2 is 2.09 bits per heavy atom. The molecule has 0 atom stereocenters. The average Bonchev–Trinajstić information content (AvgIpc) is 2.46. The van der Waals surface area contributed by atoms with Gasteiger partial charge in [0, 0.05) is 19.6 Å². The molecule has 1 aliphatic heterocycles. The molecule has 0 aromatic carbocycles. The summed E-state index contributed by atoms with van der Waals surface area (Å²) in [5.74, 6) is 0.561. The van der Waals surface area contributed by atoms with E-state index in [-0.39, 0.29) is 6.09 Å². The molecule has 0 saturated carbocycles. The molecule has 6 nitrogen and oxygen atoms in total. The summed E-state index contributed by atoms with van der Waals surface area (Å²) in [5.41, 5.74) is 0.449. The maximum Gasteiger partial charge on any atom is 0.410 e. The van der Waals surface area contributed by atoms with Crippen LogP contribution in [-0.2, 0) is 11.3 Å². The third-order valence-electron chi connectivity index (χ3n) is 3.70. The summed E-state index contributed by atoms with van der Waals surface area (Å²) in [4.78, 5) is 21.8. The van der Waals surface area contributed by atoms with E-state index in [0.29, 0.717) is 17.6 Å². The first-order valence-electron chi connectivity index (χ1n) is 7.98. The van der Waals surface area contributed by atoms with E-state index in [2.05, 4.69) is 15.3 Å². The third-order valence-corrected chi connectivity index (χ3v) is 3.90. The molecule has 1 aromatic heterocycles. The highest BCUT2D eigenvalue weighted by Crippen LogP contribution is 2.19. The predicted molar refractivity (Wildman–Crippen MR) is 89.3 cm³/mol. The molecule has 0 spiro atoms. The van der Waals surface area contributed by atoms with E-state index in [1.54, 1.807) is 11.0 Å². The van der Waals surface area contributed by atoms with Gasteiger partial charge in [-0.3, -0.25) is 0 Å². The Bertz CT molecular complexity index is 525. The first kappa shape index (κ1) is 17.9. The van der Waals surface area contributed by atoms with Crippen molar-refractivity contribution in [3.8, 4) is 0 Å². The number of halogens is 1. The molecular formula is C16H25ClN4O2. The summed E-state index contributed by atoms with van der Waals surface area (Å²) in [5, 5.41) is 3.86. The maximum atomic E-state index is 12.0. The Morgan fingerprint density at radius 3 is 2.70 bits per heavy atom. The number of ether oxygens (including phenoxy) is 1. The van der Waals surface area contributed by atoms with Crippen molar-refractivity contribution in [1.82, 2.24) is 20.2 Å². The van der Waals surface area contributed by atoms with Crippen molar-refractivity contribution in [1.29, 1.82) is 0 Å². The first-order valence-corrected chi connectivity index (χ1v) is 8.36. The van der Waals surface area contributed by atoms with Crippen LogP contribution in [0.5, 0.6) is 0 Å². The predicted octanol–water partition coefficient (Wildman–Crippen LogP) is 2.87. The lowest BCUT2D eigenvalue weighted by atomic mass is 9.97. The van der Waals surface area contributed by atoms with Gasteiger partial charge in [0.25, 0.3) is 0 Å². The summed E-state index contributed by atoms with van der Waals surface area (Å²) in [6.07, 6.45) is 3.23. The van der Waals surface area contributed by atoms with Gasteiger partial charge in [0.1, 0.15) is 17.1 Å². The molecule has 2 rings (SSSR count). The number of carbonyl (C=O) groups excluding carboxylic acids is 1. The molecule has 0 unspecified atom stereocenters. The second kappa shape index (κ2) is 7.93. The number of likely N-dealkylation sites (tertiary alicyclic amines) is 1. The van der Waals surface area contributed by atoms with Crippen LogP contribution in [-0.4, -0.2) is 46.2 Å². The van der Waals surface area contributed by atoms with Crippen LogP contribution in [0.1, 0.15) is 39.3 Å². The second-order valence-corrected chi connectivity index (χ2v) is 7.26. The van der Waals surface area contributed by atoms with Crippen molar-refractivity contribution >= 4 is 17.7 Å². The molecule has 0 bridgehead atoms. The van der Waals surface area contributed by atoms with E-state index >= 15 is 0 Å². The SMILES string of the molecule is CC(C)(C)OC(=O)N1CCC(CNCc2cc(Cl)ncn2)CC1. The molecule has 2 heterocycles. The number of aromatic nitrogens is 2. The minimum atomic E-state index is -0.436. The van der Waals surface area contributed by atoms with Gasteiger partial charge in [-0.25, -0.2) is 14.8 Å². The molecule has 128 valence electrons. The molecule has 1 saturated heterocycles. The molecule has 7 heteroatoms. The highest BCUT2D eigenvalue weighted by Gasteiger charge is 2.26. The zero-order valence-corrected chi connectivity index (χ0v) is 14.8. The lowest BCUT2D eigenvalue weighted by molar-refractivity contribution is 0.0184. The fourth-order valence-corrected chi connectivity index (χ4v) is 2.69. The largest absolute Gasteiger partial charge is 0.444 e. The van der Waals surface area contributed by atoms with Gasteiger partial charge < -0.3 is 15.0 Å². The molecule has 1 amide bonds. The van der Waals surface area contributed by atoms with Crippen LogP contribution in [0, 0.1) is 5.92 Å². The zero-order chi connectivity index (χ0) is 16.9. The standard InChI is InChI=1S/C16H25ClN4O2/c1-16(2,3)23-15(22)21-6-4-12(5-7-21)9-18-10-13-8-14(17)20-11-19-13/h8,11-12,18H,4-7,9-10H2,1-3H3. The molecule has 23 heavy (non-hydrogen) atoms. The molecule has 1 aromatic rings. The first-order chi connectivity index (χ1) is 10.8. The van der Waals surface area contributed by atoms with Crippen LogP contribution in [0.25, 0.3) is 0 Å². The Balaban J connectivity index is 1.68. The number of carbonyl (C=O) groups is 1. The van der Waals surface area contributed by atoms with E-state index in [1.165, 1.54) is 6.33 Å². The van der Waals surface area contributed by atoms with Crippen molar-refractivity contribution in [2.75, 3.05) is 19.6 Å². The second-order valence-electron chi connectivity index (χ2n) is 6.87. The van der Waals surface area contributed by atoms with Gasteiger partial charge in [0.2, 0.25) is 0 Å². The van der Waals surface area contributed by atoms with Crippen molar-refractivity contribution in [3.05, 3.63) is 23.2 Å². The Labute approximate surface area is 142 Å². The highest BCUT2D eigenvalue weighted by atomic mass is 35.5. The van der Waals surface area contributed by atoms with Crippen molar-refractivity contribution in [3.63, 3.8) is 0 Å². The van der Waals surface area contributed by atoms with Crippen molar-refractivity contribution in [2.24, 2.45) is 5.92 Å². The molecule has 1 fully saturated rings. The smallest absolute Gasteiger partial charge is 0.410 e. The molecule has 1 N–H and O–H groups in total. The van der Waals surface area contributed by atoms with E-state index in [0.717, 1.165) is 38.2 Å². The minimum Gasteiger partial charge on any atom is -0.444 e. The normalized spacial score (nSPS) is 16.4. The van der Waals surface area contributed by atoms with Crippen LogP contribution >= 0.6 is 11.6 Å². The van der Waals surface area contributed by atoms with Gasteiger partial charge in [-0.2, -0.15) is 0 Å². The minimum absolute atomic E-state index is 0.209. The lowest BCUT2D eigenvalue weighted by Crippen LogP contribution is -2.43. The summed E-state index contributed by atoms with van der Waals surface area (Å²) in [6, 6.07) is 1.76. The Kier molecular flexibility index (Phi) is 6.18. The number of nitrogens with zero attached hydrogens (tertiary/aromatic N) is 3. The summed E-state index contributed by atoms with van der Waals surface area (Å²) in [7, 11) is 0. The van der Waals surface area contributed by atoms with Crippen LogP contribution < -0.4 is 5.32 Å². The molecule has 0 aliphatic carbocycles. The zero-order valence-electron chi connectivity index (χ0n) is 14.0. The van der Waals surface area contributed by atoms with Crippen LogP contribution in [0.4, 0.5) is 4.79 Å². The van der Waals surface area contributed by atoms with E-state index in [4.69, 9.17) is 16.3 Å². The number of nitrogens with one attached hydrogen (secondary N) is 1. The molecular weight excluding hydrogens is 316 g/mol. The monoisotopic (exact) mass is 340 g/mol. The Hall–Kier alpha value is -1.40. The molecule has 0 radical (unpaired) electrons. The topological polar surface area (TPSA) is 67.3 Å². The van der Waals surface area contributed by atoms with Crippen LogP contribution in [0.2, 0.25) is 5.15 Å². The van der Waals surface area contributed by atoms with Gasteiger partial charge in [0.05, 0.1) is 5.69 Å². The van der Waals surface area contributed by atoms with Gasteiger partial charge >= 0.3 is 6.09 Å². The summed E-state index contributed by atoms with van der Waals surface area (Å²) in [6.45, 7) is 8.75. The van der Waals surface area contributed by atoms with E-state index in [1.807, 2.05) is 20.8 Å². The fraction of sp³-hybridized carbons (Fsp3) is 0.688. The average molecular weight is 341 g/mol. The third kappa shape index (κ3) is 6.31. The number of hydrogen-bond acceptors (Lipinski definition) is 5. The van der Waals surface area contributed by atoms with E-state index in [9.17, 15) is 4.79 Å². The quantitative estimate of drug-likeness (QED) is 0.854. The van der Waals surface area contributed by atoms with E-state index < -0.39 is 5.60 Å².